The number of fused-ring (bicyclic) bond motifs is 2. The molecule has 0 aliphatic carbocycles. The largest absolute Gasteiger partial charge is 0.385 e. The van der Waals surface area contributed by atoms with E-state index in [9.17, 15) is 9.32 Å². The highest BCUT2D eigenvalue weighted by Crippen LogP contribution is 2.46. The van der Waals surface area contributed by atoms with Gasteiger partial charge >= 0.3 is 0 Å². The monoisotopic (exact) mass is 326 g/mol. The molecule has 2 aliphatic rings. The average Bonchev–Trinajstić information content (AvgIpc) is 2.57. The summed E-state index contributed by atoms with van der Waals surface area (Å²) >= 11 is 0. The van der Waals surface area contributed by atoms with E-state index >= 15 is 0 Å². The summed E-state index contributed by atoms with van der Waals surface area (Å²) in [6.07, 6.45) is 4.37. The van der Waals surface area contributed by atoms with Crippen molar-refractivity contribution in [1.29, 1.82) is 0 Å². The average molecular weight is 326 g/mol. The molecule has 2 aromatic carbocycles. The molecule has 2 fully saturated rings. The molecule has 2 saturated heterocycles. The van der Waals surface area contributed by atoms with Gasteiger partial charge in [0.25, 0.3) is 0 Å². The Hall–Kier alpha value is -1.45. The highest BCUT2D eigenvalue weighted by Gasteiger charge is 2.47. The molecular weight excluding hydrogens is 304 g/mol. The zero-order chi connectivity index (χ0) is 15.9. The Kier molecular flexibility index (Phi) is 3.86. The molecule has 2 aromatic rings. The maximum absolute atomic E-state index is 12.5. The van der Waals surface area contributed by atoms with Crippen LogP contribution in [0.15, 0.2) is 54.6 Å². The molecule has 0 aromatic heterocycles. The molecule has 1 N–H and O–H groups in total. The zero-order valence-corrected chi connectivity index (χ0v) is 14.0. The van der Waals surface area contributed by atoms with Crippen molar-refractivity contribution in [2.75, 3.05) is 0 Å². The lowest BCUT2D eigenvalue weighted by Crippen LogP contribution is -2.47. The Morgan fingerprint density at radius 3 is 2.22 bits per heavy atom. The van der Waals surface area contributed by atoms with Crippen LogP contribution < -0.4 is 0 Å². The molecular formula is C20H22O2S. The molecule has 2 unspecified atom stereocenters. The Morgan fingerprint density at radius 2 is 1.52 bits per heavy atom. The molecule has 2 nitrogen and oxygen atoms in total. The van der Waals surface area contributed by atoms with E-state index in [1.54, 1.807) is 0 Å². The molecule has 0 saturated carbocycles. The maximum Gasteiger partial charge on any atom is 0.0925 e. The van der Waals surface area contributed by atoms with Crippen LogP contribution in [-0.2, 0) is 16.4 Å². The summed E-state index contributed by atoms with van der Waals surface area (Å²) in [5.74, 6) is 0. The van der Waals surface area contributed by atoms with Gasteiger partial charge in [-0.05, 0) is 42.4 Å². The quantitative estimate of drug-likeness (QED) is 0.905. The first-order valence-electron chi connectivity index (χ1n) is 8.44. The highest BCUT2D eigenvalue weighted by atomic mass is 32.2. The van der Waals surface area contributed by atoms with Gasteiger partial charge in [-0.15, -0.1) is 0 Å². The molecule has 0 spiro atoms. The minimum Gasteiger partial charge on any atom is -0.385 e. The van der Waals surface area contributed by atoms with E-state index in [0.717, 1.165) is 36.0 Å². The van der Waals surface area contributed by atoms with Gasteiger partial charge in [-0.3, -0.25) is 4.21 Å². The van der Waals surface area contributed by atoms with Crippen molar-refractivity contribution in [3.05, 3.63) is 60.2 Å². The molecule has 3 heteroatoms. The van der Waals surface area contributed by atoms with Crippen LogP contribution >= 0.6 is 0 Å². The zero-order valence-electron chi connectivity index (χ0n) is 13.2. The van der Waals surface area contributed by atoms with Crippen LogP contribution in [0.5, 0.6) is 0 Å². The highest BCUT2D eigenvalue weighted by molar-refractivity contribution is 7.86. The Bertz CT molecular complexity index is 709. The Labute approximate surface area is 140 Å². The summed E-state index contributed by atoms with van der Waals surface area (Å²) in [6.45, 7) is 0. The lowest BCUT2D eigenvalue weighted by Gasteiger charge is -2.44. The molecule has 0 amide bonds. The van der Waals surface area contributed by atoms with E-state index in [2.05, 4.69) is 18.2 Å². The summed E-state index contributed by atoms with van der Waals surface area (Å²) in [5.41, 5.74) is 2.38. The molecule has 2 bridgehead atoms. The second-order valence-electron chi connectivity index (χ2n) is 6.85. The first kappa shape index (κ1) is 15.1. The maximum atomic E-state index is 12.5. The number of benzene rings is 2. The molecule has 120 valence electrons. The van der Waals surface area contributed by atoms with Crippen molar-refractivity contribution in [2.45, 2.75) is 48.2 Å². The van der Waals surface area contributed by atoms with E-state index in [-0.39, 0.29) is 10.5 Å². The van der Waals surface area contributed by atoms with Crippen LogP contribution in [0.3, 0.4) is 0 Å². The SMILES string of the molecule is O=S1C2CCCC1CC(O)(c1ccccc1-c1ccccc1)C2. The van der Waals surface area contributed by atoms with Crippen LogP contribution in [0.4, 0.5) is 0 Å². The second kappa shape index (κ2) is 5.88. The van der Waals surface area contributed by atoms with Crippen molar-refractivity contribution in [1.82, 2.24) is 0 Å². The van der Waals surface area contributed by atoms with E-state index in [1.807, 2.05) is 36.4 Å². The Morgan fingerprint density at radius 1 is 0.913 bits per heavy atom. The van der Waals surface area contributed by atoms with Crippen molar-refractivity contribution in [3.8, 4) is 11.1 Å². The van der Waals surface area contributed by atoms with Crippen LogP contribution in [-0.4, -0.2) is 19.8 Å². The van der Waals surface area contributed by atoms with Crippen LogP contribution in [0.1, 0.15) is 37.7 Å². The summed E-state index contributed by atoms with van der Waals surface area (Å²) in [6, 6.07) is 18.4. The molecule has 4 rings (SSSR count). The molecule has 2 heterocycles. The van der Waals surface area contributed by atoms with Gasteiger partial charge in [0.1, 0.15) is 0 Å². The van der Waals surface area contributed by atoms with Gasteiger partial charge in [-0.2, -0.15) is 0 Å². The van der Waals surface area contributed by atoms with Crippen molar-refractivity contribution in [3.63, 3.8) is 0 Å². The number of rotatable bonds is 2. The molecule has 0 radical (unpaired) electrons. The van der Waals surface area contributed by atoms with Crippen LogP contribution in [0.2, 0.25) is 0 Å². The summed E-state index contributed by atoms with van der Waals surface area (Å²) in [7, 11) is -0.767. The first-order chi connectivity index (χ1) is 11.2. The van der Waals surface area contributed by atoms with E-state index < -0.39 is 16.4 Å². The second-order valence-corrected chi connectivity index (χ2v) is 8.85. The fourth-order valence-corrected chi connectivity index (χ4v) is 6.48. The molecule has 23 heavy (non-hydrogen) atoms. The van der Waals surface area contributed by atoms with Gasteiger partial charge in [-0.1, -0.05) is 61.0 Å². The fourth-order valence-electron chi connectivity index (χ4n) is 4.26. The fraction of sp³-hybridized carbons (Fsp3) is 0.400. The van der Waals surface area contributed by atoms with Gasteiger partial charge < -0.3 is 5.11 Å². The minimum absolute atomic E-state index is 0.149. The van der Waals surface area contributed by atoms with Gasteiger partial charge in [0, 0.05) is 21.3 Å². The van der Waals surface area contributed by atoms with E-state index in [1.165, 1.54) is 0 Å². The molecule has 2 atom stereocenters. The third kappa shape index (κ3) is 2.66. The van der Waals surface area contributed by atoms with Crippen molar-refractivity contribution < 1.29 is 9.32 Å². The predicted molar refractivity (Wildman–Crippen MR) is 94.6 cm³/mol. The third-order valence-electron chi connectivity index (χ3n) is 5.35. The van der Waals surface area contributed by atoms with Crippen LogP contribution in [0.25, 0.3) is 11.1 Å². The van der Waals surface area contributed by atoms with E-state index in [4.69, 9.17) is 0 Å². The van der Waals surface area contributed by atoms with Gasteiger partial charge in [0.15, 0.2) is 0 Å². The lowest BCUT2D eigenvalue weighted by atomic mass is 9.77. The summed E-state index contributed by atoms with van der Waals surface area (Å²) in [4.78, 5) is 0. The first-order valence-corrected chi connectivity index (χ1v) is 9.72. The van der Waals surface area contributed by atoms with E-state index in [0.29, 0.717) is 12.8 Å². The topological polar surface area (TPSA) is 37.3 Å². The van der Waals surface area contributed by atoms with Crippen molar-refractivity contribution >= 4 is 10.8 Å². The predicted octanol–water partition coefficient (Wildman–Crippen LogP) is 4.00. The lowest BCUT2D eigenvalue weighted by molar-refractivity contribution is 0.00708. The summed E-state index contributed by atoms with van der Waals surface area (Å²) in [5, 5.41) is 11.8. The van der Waals surface area contributed by atoms with Crippen molar-refractivity contribution in [2.24, 2.45) is 0 Å². The number of hydrogen-bond donors (Lipinski definition) is 1. The Balaban J connectivity index is 1.78. The number of hydrogen-bond acceptors (Lipinski definition) is 2. The number of aliphatic hydroxyl groups is 1. The minimum atomic E-state index is -0.851. The van der Waals surface area contributed by atoms with Gasteiger partial charge in [-0.25, -0.2) is 0 Å². The standard InChI is InChI=1S/C20H22O2S/c21-20(13-16-9-6-10-17(14-20)23(16)22)19-12-5-4-11-18(19)15-7-2-1-3-8-15/h1-5,7-8,11-12,16-17,21H,6,9-10,13-14H2. The van der Waals surface area contributed by atoms with Crippen LogP contribution in [0, 0.1) is 0 Å². The van der Waals surface area contributed by atoms with Gasteiger partial charge in [0.05, 0.1) is 5.60 Å². The van der Waals surface area contributed by atoms with Gasteiger partial charge in [0.2, 0.25) is 0 Å². The molecule has 2 aliphatic heterocycles. The third-order valence-corrected chi connectivity index (χ3v) is 7.47. The smallest absolute Gasteiger partial charge is 0.0925 e. The summed E-state index contributed by atoms with van der Waals surface area (Å²) < 4.78 is 12.5. The normalized spacial score (nSPS) is 33.3.